The summed E-state index contributed by atoms with van der Waals surface area (Å²) in [5.74, 6) is 0.326. The van der Waals surface area contributed by atoms with Crippen molar-refractivity contribution in [2.75, 3.05) is 25.0 Å². The number of aliphatic hydroxyl groups excluding tert-OH is 1. The Hall–Kier alpha value is -2.37. The Bertz CT molecular complexity index is 727. The third-order valence-electron chi connectivity index (χ3n) is 4.48. The maximum absolute atomic E-state index is 10.3. The average molecular weight is 338 g/mol. The van der Waals surface area contributed by atoms with Crippen LogP contribution in [-0.4, -0.2) is 41.7 Å². The van der Waals surface area contributed by atoms with Crippen molar-refractivity contribution in [1.29, 1.82) is 0 Å². The fourth-order valence-corrected chi connectivity index (χ4v) is 3.09. The molecule has 5 nitrogen and oxygen atoms in total. The Balaban J connectivity index is 1.47. The lowest BCUT2D eigenvalue weighted by Crippen LogP contribution is -2.38. The lowest BCUT2D eigenvalue weighted by molar-refractivity contribution is 0.112. The van der Waals surface area contributed by atoms with E-state index < -0.39 is 6.10 Å². The molecule has 0 aliphatic carbocycles. The summed E-state index contributed by atoms with van der Waals surface area (Å²) in [6.45, 7) is 4.79. The van der Waals surface area contributed by atoms with Crippen molar-refractivity contribution in [2.45, 2.75) is 26.0 Å². The monoisotopic (exact) mass is 338 g/mol. The number of aliphatic hydroxyl groups is 1. The summed E-state index contributed by atoms with van der Waals surface area (Å²) in [5, 5.41) is 13.3. The Morgan fingerprint density at radius 2 is 1.92 bits per heavy atom. The quantitative estimate of drug-likeness (QED) is 0.577. The van der Waals surface area contributed by atoms with E-state index in [1.807, 2.05) is 31.2 Å². The summed E-state index contributed by atoms with van der Waals surface area (Å²) in [6, 6.07) is 16.4. The first-order valence-corrected chi connectivity index (χ1v) is 8.71. The summed E-state index contributed by atoms with van der Waals surface area (Å²) in [7, 11) is 0. The number of guanidine groups is 1. The molecule has 1 unspecified atom stereocenters. The van der Waals surface area contributed by atoms with Crippen molar-refractivity contribution in [1.82, 2.24) is 4.90 Å². The van der Waals surface area contributed by atoms with Crippen LogP contribution in [0.15, 0.2) is 53.5 Å². The molecule has 0 radical (unpaired) electrons. The molecule has 1 aliphatic rings. The smallest absolute Gasteiger partial charge is 0.193 e. The van der Waals surface area contributed by atoms with E-state index in [-0.39, 0.29) is 0 Å². The van der Waals surface area contributed by atoms with Gasteiger partial charge in [0.1, 0.15) is 0 Å². The number of aliphatic imine (C=N–C) groups is 1. The molecule has 1 atom stereocenters. The van der Waals surface area contributed by atoms with Crippen molar-refractivity contribution < 1.29 is 5.11 Å². The Morgan fingerprint density at radius 3 is 2.68 bits per heavy atom. The standard InChI is InChI=1S/C20H26N4O/c1-15-6-8-18(9-7-15)23-20(21)22-12-19(25)14-24-11-10-16-4-2-3-5-17(16)13-24/h2-9,19,25H,10-14H2,1H3,(H3,21,22,23). The van der Waals surface area contributed by atoms with Gasteiger partial charge in [-0.05, 0) is 36.6 Å². The molecule has 1 aliphatic heterocycles. The summed E-state index contributed by atoms with van der Waals surface area (Å²) < 4.78 is 0. The molecule has 0 saturated heterocycles. The molecule has 0 fully saturated rings. The van der Waals surface area contributed by atoms with Crippen molar-refractivity contribution in [3.63, 3.8) is 0 Å². The van der Waals surface area contributed by atoms with Crippen LogP contribution < -0.4 is 11.1 Å². The van der Waals surface area contributed by atoms with E-state index in [4.69, 9.17) is 5.73 Å². The first-order chi connectivity index (χ1) is 12.1. The van der Waals surface area contributed by atoms with Crippen LogP contribution in [0.4, 0.5) is 5.69 Å². The van der Waals surface area contributed by atoms with Crippen LogP contribution in [0.5, 0.6) is 0 Å². The van der Waals surface area contributed by atoms with Crippen LogP contribution in [0.2, 0.25) is 0 Å². The van der Waals surface area contributed by atoms with Crippen LogP contribution in [0, 0.1) is 6.92 Å². The van der Waals surface area contributed by atoms with Gasteiger partial charge in [0.15, 0.2) is 5.96 Å². The van der Waals surface area contributed by atoms with E-state index >= 15 is 0 Å². The van der Waals surface area contributed by atoms with Crippen molar-refractivity contribution in [2.24, 2.45) is 10.7 Å². The van der Waals surface area contributed by atoms with Gasteiger partial charge in [0.2, 0.25) is 0 Å². The molecule has 2 aromatic carbocycles. The van der Waals surface area contributed by atoms with Gasteiger partial charge in [-0.15, -0.1) is 0 Å². The van der Waals surface area contributed by atoms with Gasteiger partial charge in [0, 0.05) is 25.3 Å². The molecule has 4 N–H and O–H groups in total. The summed E-state index contributed by atoms with van der Waals surface area (Å²) in [5.41, 5.74) is 10.8. The van der Waals surface area contributed by atoms with Crippen LogP contribution in [0.1, 0.15) is 16.7 Å². The number of fused-ring (bicyclic) bond motifs is 1. The highest BCUT2D eigenvalue weighted by Crippen LogP contribution is 2.18. The van der Waals surface area contributed by atoms with Crippen LogP contribution in [0.3, 0.4) is 0 Å². The molecule has 0 amide bonds. The molecular formula is C20H26N4O. The van der Waals surface area contributed by atoms with Crippen LogP contribution in [-0.2, 0) is 13.0 Å². The van der Waals surface area contributed by atoms with Gasteiger partial charge in [-0.1, -0.05) is 42.0 Å². The lowest BCUT2D eigenvalue weighted by atomic mass is 10.00. The van der Waals surface area contributed by atoms with E-state index in [0.29, 0.717) is 19.0 Å². The second-order valence-electron chi connectivity index (χ2n) is 6.62. The second-order valence-corrected chi connectivity index (χ2v) is 6.62. The predicted octanol–water partition coefficient (Wildman–Crippen LogP) is 2.14. The largest absolute Gasteiger partial charge is 0.390 e. The highest BCUT2D eigenvalue weighted by atomic mass is 16.3. The number of nitrogens with one attached hydrogen (secondary N) is 1. The Morgan fingerprint density at radius 1 is 1.20 bits per heavy atom. The minimum atomic E-state index is -0.524. The zero-order valence-corrected chi connectivity index (χ0v) is 14.7. The van der Waals surface area contributed by atoms with Crippen molar-refractivity contribution >= 4 is 11.6 Å². The topological polar surface area (TPSA) is 73.9 Å². The highest BCUT2D eigenvalue weighted by Gasteiger charge is 2.18. The molecule has 0 saturated carbocycles. The number of hydrogen-bond acceptors (Lipinski definition) is 3. The number of hydrogen-bond donors (Lipinski definition) is 3. The summed E-state index contributed by atoms with van der Waals surface area (Å²) in [4.78, 5) is 6.53. The predicted molar refractivity (Wildman–Crippen MR) is 103 cm³/mol. The van der Waals surface area contributed by atoms with Gasteiger partial charge >= 0.3 is 0 Å². The van der Waals surface area contributed by atoms with E-state index in [2.05, 4.69) is 39.5 Å². The molecule has 2 aromatic rings. The van der Waals surface area contributed by atoms with Crippen LogP contribution >= 0.6 is 0 Å². The van der Waals surface area contributed by atoms with Gasteiger partial charge in [0.05, 0.1) is 12.6 Å². The number of rotatable bonds is 5. The maximum Gasteiger partial charge on any atom is 0.193 e. The lowest BCUT2D eigenvalue weighted by Gasteiger charge is -2.30. The highest BCUT2D eigenvalue weighted by molar-refractivity contribution is 5.92. The van der Waals surface area contributed by atoms with E-state index in [1.165, 1.54) is 16.7 Å². The second kappa shape index (κ2) is 8.14. The fraction of sp³-hybridized carbons (Fsp3) is 0.350. The number of nitrogens with zero attached hydrogens (tertiary/aromatic N) is 2. The third kappa shape index (κ3) is 5.05. The zero-order chi connectivity index (χ0) is 17.6. The molecule has 0 spiro atoms. The SMILES string of the molecule is Cc1ccc(NC(N)=NCC(O)CN2CCc3ccccc3C2)cc1. The summed E-state index contributed by atoms with van der Waals surface area (Å²) >= 11 is 0. The van der Waals surface area contributed by atoms with Gasteiger partial charge in [0.25, 0.3) is 0 Å². The molecule has 0 bridgehead atoms. The van der Waals surface area contributed by atoms with E-state index in [1.54, 1.807) is 0 Å². The Labute approximate surface area is 149 Å². The van der Waals surface area contributed by atoms with Gasteiger partial charge in [-0.25, -0.2) is 0 Å². The minimum Gasteiger partial charge on any atom is -0.390 e. The zero-order valence-electron chi connectivity index (χ0n) is 14.7. The van der Waals surface area contributed by atoms with E-state index in [0.717, 1.165) is 25.2 Å². The summed E-state index contributed by atoms with van der Waals surface area (Å²) in [6.07, 6.45) is 0.507. The van der Waals surface area contributed by atoms with Crippen molar-refractivity contribution in [3.8, 4) is 0 Å². The first-order valence-electron chi connectivity index (χ1n) is 8.71. The molecule has 132 valence electrons. The Kier molecular flexibility index (Phi) is 5.68. The molecule has 25 heavy (non-hydrogen) atoms. The average Bonchev–Trinajstić information content (AvgIpc) is 2.62. The normalized spacial score (nSPS) is 16.3. The van der Waals surface area contributed by atoms with Gasteiger partial charge in [-0.3, -0.25) is 9.89 Å². The number of β-amino-alcohol motifs (C(OH)–C–C–N with tert-alkyl or cyclic N) is 1. The fourth-order valence-electron chi connectivity index (χ4n) is 3.09. The number of benzene rings is 2. The number of nitrogens with two attached hydrogens (primary N) is 1. The van der Waals surface area contributed by atoms with Crippen LogP contribution in [0.25, 0.3) is 0 Å². The van der Waals surface area contributed by atoms with Crippen molar-refractivity contribution in [3.05, 3.63) is 65.2 Å². The number of anilines is 1. The molecule has 3 rings (SSSR count). The molecule has 5 heteroatoms. The first kappa shape index (κ1) is 17.5. The van der Waals surface area contributed by atoms with Gasteiger partial charge < -0.3 is 16.2 Å². The van der Waals surface area contributed by atoms with E-state index in [9.17, 15) is 5.11 Å². The third-order valence-corrected chi connectivity index (χ3v) is 4.48. The molecular weight excluding hydrogens is 312 g/mol. The molecule has 1 heterocycles. The van der Waals surface area contributed by atoms with Gasteiger partial charge in [-0.2, -0.15) is 0 Å². The molecule has 0 aromatic heterocycles. The number of aryl methyl sites for hydroxylation is 1. The minimum absolute atomic E-state index is 0.294. The maximum atomic E-state index is 10.3.